The van der Waals surface area contributed by atoms with Crippen molar-refractivity contribution in [3.05, 3.63) is 60.4 Å². The molecule has 2 aromatic carbocycles. The lowest BCUT2D eigenvalue weighted by Gasteiger charge is -2.13. The Morgan fingerprint density at radius 3 is 2.69 bits per heavy atom. The molecule has 0 radical (unpaired) electrons. The molecule has 0 spiro atoms. The van der Waals surface area contributed by atoms with Crippen LogP contribution in [0.1, 0.15) is 10.4 Å². The van der Waals surface area contributed by atoms with E-state index in [4.69, 9.17) is 4.74 Å². The van der Waals surface area contributed by atoms with Crippen LogP contribution in [0.15, 0.2) is 54.9 Å². The first-order valence-electron chi connectivity index (χ1n) is 8.07. The molecule has 0 aliphatic rings. The Hall–Kier alpha value is -3.61. The normalized spacial score (nSPS) is 10.8. The molecule has 1 amide bonds. The number of amides is 1. The number of H-pyrrole nitrogens is 2. The van der Waals surface area contributed by atoms with Gasteiger partial charge in [0.15, 0.2) is 5.82 Å². The van der Waals surface area contributed by atoms with E-state index >= 15 is 0 Å². The molecule has 0 saturated carbocycles. The number of rotatable bonds is 4. The fourth-order valence-corrected chi connectivity index (χ4v) is 2.77. The number of anilines is 1. The molecule has 7 heteroatoms. The molecule has 0 atom stereocenters. The third-order valence-corrected chi connectivity index (χ3v) is 4.28. The van der Waals surface area contributed by atoms with E-state index in [2.05, 4.69) is 20.2 Å². The summed E-state index contributed by atoms with van der Waals surface area (Å²) in [5, 5.41) is 7.23. The van der Waals surface area contributed by atoms with Gasteiger partial charge < -0.3 is 9.72 Å². The third-order valence-electron chi connectivity index (χ3n) is 4.28. The highest BCUT2D eigenvalue weighted by atomic mass is 16.5. The van der Waals surface area contributed by atoms with E-state index in [1.807, 2.05) is 36.4 Å². The minimum absolute atomic E-state index is 0.144. The number of benzene rings is 2. The first-order chi connectivity index (χ1) is 12.7. The number of carbonyl (C=O) groups is 1. The minimum atomic E-state index is -0.144. The predicted molar refractivity (Wildman–Crippen MR) is 99.4 cm³/mol. The Bertz CT molecular complexity index is 1060. The fraction of sp³-hybridized carbons (Fsp3) is 0.105. The first-order valence-corrected chi connectivity index (χ1v) is 8.07. The average molecular weight is 347 g/mol. The summed E-state index contributed by atoms with van der Waals surface area (Å²) in [6, 6.07) is 14.8. The Morgan fingerprint density at radius 2 is 1.92 bits per heavy atom. The van der Waals surface area contributed by atoms with Crippen LogP contribution in [0, 0.1) is 0 Å². The van der Waals surface area contributed by atoms with Crippen LogP contribution in [0.3, 0.4) is 0 Å². The number of ether oxygens (including phenoxy) is 1. The van der Waals surface area contributed by atoms with Crippen LogP contribution in [0.4, 0.5) is 5.82 Å². The number of aromatic nitrogens is 4. The zero-order chi connectivity index (χ0) is 18.1. The molecule has 2 heterocycles. The topological polar surface area (TPSA) is 86.9 Å². The number of nitrogens with zero attached hydrogens (tertiary/aromatic N) is 3. The van der Waals surface area contributed by atoms with Gasteiger partial charge in [0.1, 0.15) is 5.75 Å². The standard InChI is InChI=1S/C19H17N5O2/c1-24(19(25)13-5-8-15-17(9-13)21-11-20-15)18-10-16(22-23-18)12-3-6-14(26-2)7-4-12/h3-11H,1-2H3,(H,20,21)(H,22,23). The maximum absolute atomic E-state index is 12.8. The van der Waals surface area contributed by atoms with Gasteiger partial charge in [0.05, 0.1) is 30.2 Å². The molecule has 26 heavy (non-hydrogen) atoms. The summed E-state index contributed by atoms with van der Waals surface area (Å²) in [6.07, 6.45) is 1.61. The molecule has 2 aromatic heterocycles. The second kappa shape index (κ2) is 6.36. The van der Waals surface area contributed by atoms with Crippen LogP contribution >= 0.6 is 0 Å². The molecule has 0 aliphatic carbocycles. The van der Waals surface area contributed by atoms with Crippen molar-refractivity contribution in [2.75, 3.05) is 19.1 Å². The van der Waals surface area contributed by atoms with E-state index in [1.165, 1.54) is 4.90 Å². The first kappa shape index (κ1) is 15.9. The molecular formula is C19H17N5O2. The van der Waals surface area contributed by atoms with Gasteiger partial charge in [-0.25, -0.2) is 4.98 Å². The van der Waals surface area contributed by atoms with E-state index in [1.54, 1.807) is 32.6 Å². The molecule has 0 unspecified atom stereocenters. The molecular weight excluding hydrogens is 330 g/mol. The largest absolute Gasteiger partial charge is 0.497 e. The Morgan fingerprint density at radius 1 is 1.12 bits per heavy atom. The van der Waals surface area contributed by atoms with Crippen molar-refractivity contribution in [2.24, 2.45) is 0 Å². The maximum atomic E-state index is 12.8. The van der Waals surface area contributed by atoms with E-state index in [0.717, 1.165) is 28.0 Å². The molecule has 0 aliphatic heterocycles. The van der Waals surface area contributed by atoms with Crippen LogP contribution < -0.4 is 9.64 Å². The summed E-state index contributed by atoms with van der Waals surface area (Å²) >= 11 is 0. The SMILES string of the molecule is COc1ccc(-c2cc(N(C)C(=O)c3ccc4nc[nH]c4c3)n[nH]2)cc1. The third kappa shape index (κ3) is 2.79. The smallest absolute Gasteiger partial charge is 0.259 e. The second-order valence-corrected chi connectivity index (χ2v) is 5.87. The van der Waals surface area contributed by atoms with E-state index < -0.39 is 0 Å². The molecule has 0 fully saturated rings. The van der Waals surface area contributed by atoms with Gasteiger partial charge in [-0.2, -0.15) is 5.10 Å². The number of aromatic amines is 2. The summed E-state index contributed by atoms with van der Waals surface area (Å²) in [5.41, 5.74) is 4.00. The number of fused-ring (bicyclic) bond motifs is 1. The van der Waals surface area contributed by atoms with Gasteiger partial charge in [-0.05, 0) is 48.0 Å². The highest BCUT2D eigenvalue weighted by molar-refractivity contribution is 6.06. The molecule has 0 bridgehead atoms. The molecule has 130 valence electrons. The Labute approximate surface area is 149 Å². The van der Waals surface area contributed by atoms with Gasteiger partial charge in [-0.3, -0.25) is 14.8 Å². The van der Waals surface area contributed by atoms with Crippen molar-refractivity contribution in [2.45, 2.75) is 0 Å². The summed E-state index contributed by atoms with van der Waals surface area (Å²) in [6.45, 7) is 0. The van der Waals surface area contributed by atoms with Gasteiger partial charge in [-0.1, -0.05) is 0 Å². The number of hydrogen-bond donors (Lipinski definition) is 2. The average Bonchev–Trinajstić information content (AvgIpc) is 3.35. The molecule has 7 nitrogen and oxygen atoms in total. The van der Waals surface area contributed by atoms with Gasteiger partial charge >= 0.3 is 0 Å². The van der Waals surface area contributed by atoms with Gasteiger partial charge in [-0.15, -0.1) is 0 Å². The van der Waals surface area contributed by atoms with Gasteiger partial charge in [0.25, 0.3) is 5.91 Å². The molecule has 2 N–H and O–H groups in total. The number of hydrogen-bond acceptors (Lipinski definition) is 4. The van der Waals surface area contributed by atoms with Crippen LogP contribution in [0.2, 0.25) is 0 Å². The number of methoxy groups -OCH3 is 1. The van der Waals surface area contributed by atoms with Crippen LogP contribution in [-0.2, 0) is 0 Å². The van der Waals surface area contributed by atoms with Crippen molar-refractivity contribution in [1.82, 2.24) is 20.2 Å². The molecule has 4 aromatic rings. The van der Waals surface area contributed by atoms with Crippen molar-refractivity contribution in [3.8, 4) is 17.0 Å². The van der Waals surface area contributed by atoms with E-state index in [9.17, 15) is 4.79 Å². The zero-order valence-electron chi connectivity index (χ0n) is 14.4. The molecule has 4 rings (SSSR count). The lowest BCUT2D eigenvalue weighted by atomic mass is 10.1. The lowest BCUT2D eigenvalue weighted by molar-refractivity contribution is 0.0992. The van der Waals surface area contributed by atoms with E-state index in [-0.39, 0.29) is 5.91 Å². The predicted octanol–water partition coefficient (Wildman–Crippen LogP) is 3.24. The second-order valence-electron chi connectivity index (χ2n) is 5.87. The lowest BCUT2D eigenvalue weighted by Crippen LogP contribution is -2.26. The van der Waals surface area contributed by atoms with Crippen molar-refractivity contribution < 1.29 is 9.53 Å². The van der Waals surface area contributed by atoms with Crippen LogP contribution in [-0.4, -0.2) is 40.2 Å². The zero-order valence-corrected chi connectivity index (χ0v) is 14.4. The Kier molecular flexibility index (Phi) is 3.89. The summed E-state index contributed by atoms with van der Waals surface area (Å²) in [7, 11) is 3.33. The summed E-state index contributed by atoms with van der Waals surface area (Å²) < 4.78 is 5.17. The van der Waals surface area contributed by atoms with Crippen molar-refractivity contribution >= 4 is 22.8 Å². The minimum Gasteiger partial charge on any atom is -0.497 e. The Balaban J connectivity index is 1.58. The van der Waals surface area contributed by atoms with Gasteiger partial charge in [0, 0.05) is 18.7 Å². The highest BCUT2D eigenvalue weighted by Crippen LogP contribution is 2.24. The molecule has 0 saturated heterocycles. The van der Waals surface area contributed by atoms with Crippen molar-refractivity contribution in [1.29, 1.82) is 0 Å². The van der Waals surface area contributed by atoms with E-state index in [0.29, 0.717) is 11.4 Å². The van der Waals surface area contributed by atoms with Crippen molar-refractivity contribution in [3.63, 3.8) is 0 Å². The number of imidazole rings is 1. The monoisotopic (exact) mass is 347 g/mol. The highest BCUT2D eigenvalue weighted by Gasteiger charge is 2.17. The maximum Gasteiger partial charge on any atom is 0.259 e. The van der Waals surface area contributed by atoms with Crippen LogP contribution in [0.5, 0.6) is 5.75 Å². The quantitative estimate of drug-likeness (QED) is 0.593. The fourth-order valence-electron chi connectivity index (χ4n) is 2.77. The summed E-state index contributed by atoms with van der Waals surface area (Å²) in [5.74, 6) is 1.19. The van der Waals surface area contributed by atoms with Crippen LogP contribution in [0.25, 0.3) is 22.3 Å². The summed E-state index contributed by atoms with van der Waals surface area (Å²) in [4.78, 5) is 21.5. The number of carbonyl (C=O) groups excluding carboxylic acids is 1. The number of nitrogens with one attached hydrogen (secondary N) is 2. The van der Waals surface area contributed by atoms with Gasteiger partial charge in [0.2, 0.25) is 0 Å².